The van der Waals surface area contributed by atoms with Crippen LogP contribution in [0.1, 0.15) is 24.7 Å². The first kappa shape index (κ1) is 23.3. The highest BCUT2D eigenvalue weighted by atomic mass is 19.4. The predicted octanol–water partition coefficient (Wildman–Crippen LogP) is 2.73. The van der Waals surface area contributed by atoms with Gasteiger partial charge in [0.15, 0.2) is 6.10 Å². The number of halogens is 3. The molecule has 1 N–H and O–H groups in total. The van der Waals surface area contributed by atoms with Gasteiger partial charge in [-0.1, -0.05) is 0 Å². The summed E-state index contributed by atoms with van der Waals surface area (Å²) in [5.74, 6) is -0.134. The molecule has 0 saturated carbocycles. The standard InChI is InChI=1S/C21H22F3N7O4/c1-11(21(22,23)24)35-19-15(6-30(29-19)14-7-33-8-14)27-20-26-5-12-3-13(4-25)31(18(12)28-20)16-9-34-10-17(16)32-2/h3,5-6,11,14,16-17H,7-10H2,1-2H3,(H,26,27,28)/t11?,16-,17+/m1/s1. The maximum Gasteiger partial charge on any atom is 0.425 e. The Morgan fingerprint density at radius 2 is 2.03 bits per heavy atom. The number of anilines is 2. The molecule has 3 atom stereocenters. The van der Waals surface area contributed by atoms with Crippen molar-refractivity contribution in [2.24, 2.45) is 0 Å². The molecule has 11 nitrogen and oxygen atoms in total. The molecule has 186 valence electrons. The Morgan fingerprint density at radius 1 is 1.26 bits per heavy atom. The van der Waals surface area contributed by atoms with Crippen LogP contribution in [0.2, 0.25) is 0 Å². The first-order valence-electron chi connectivity index (χ1n) is 10.8. The van der Waals surface area contributed by atoms with Gasteiger partial charge < -0.3 is 28.8 Å². The van der Waals surface area contributed by atoms with Gasteiger partial charge in [0.2, 0.25) is 5.95 Å². The average Bonchev–Trinajstić information content (AvgIpc) is 3.48. The molecule has 2 saturated heterocycles. The summed E-state index contributed by atoms with van der Waals surface area (Å²) in [6.07, 6.45) is -3.84. The van der Waals surface area contributed by atoms with Gasteiger partial charge in [0.05, 0.1) is 44.7 Å². The predicted molar refractivity (Wildman–Crippen MR) is 114 cm³/mol. The highest BCUT2D eigenvalue weighted by molar-refractivity contribution is 5.79. The molecular weight excluding hydrogens is 471 g/mol. The van der Waals surface area contributed by atoms with Crippen molar-refractivity contribution in [2.45, 2.75) is 37.4 Å². The molecule has 3 aromatic heterocycles. The second-order valence-corrected chi connectivity index (χ2v) is 8.31. The van der Waals surface area contributed by atoms with Crippen molar-refractivity contribution < 1.29 is 32.1 Å². The fraction of sp³-hybridized carbons (Fsp3) is 0.524. The largest absolute Gasteiger partial charge is 0.462 e. The van der Waals surface area contributed by atoms with Gasteiger partial charge in [-0.2, -0.15) is 23.4 Å². The van der Waals surface area contributed by atoms with E-state index in [2.05, 4.69) is 26.5 Å². The molecular formula is C21H22F3N7O4. The van der Waals surface area contributed by atoms with Crippen molar-refractivity contribution in [3.8, 4) is 11.9 Å². The van der Waals surface area contributed by atoms with E-state index in [0.29, 0.717) is 43.2 Å². The second-order valence-electron chi connectivity index (χ2n) is 8.31. The molecule has 0 radical (unpaired) electrons. The summed E-state index contributed by atoms with van der Waals surface area (Å²) in [5.41, 5.74) is 0.997. The molecule has 1 unspecified atom stereocenters. The van der Waals surface area contributed by atoms with Crippen LogP contribution in [0.5, 0.6) is 5.88 Å². The molecule has 3 aromatic rings. The quantitative estimate of drug-likeness (QED) is 0.529. The lowest BCUT2D eigenvalue weighted by atomic mass is 10.2. The SMILES string of the molecule is CO[C@H]1COC[C@H]1n1c(C#N)cc2cnc(Nc3cn(C4COC4)nc3OC(C)C(F)(F)F)nc21. The van der Waals surface area contributed by atoms with E-state index in [-0.39, 0.29) is 35.7 Å². The third-order valence-corrected chi connectivity index (χ3v) is 6.01. The summed E-state index contributed by atoms with van der Waals surface area (Å²) in [4.78, 5) is 8.82. The first-order chi connectivity index (χ1) is 16.8. The van der Waals surface area contributed by atoms with Crippen molar-refractivity contribution in [3.63, 3.8) is 0 Å². The van der Waals surface area contributed by atoms with E-state index in [1.54, 1.807) is 17.7 Å². The molecule has 14 heteroatoms. The topological polar surface area (TPSA) is 121 Å². The molecule has 0 amide bonds. The van der Waals surface area contributed by atoms with Crippen molar-refractivity contribution >= 4 is 22.7 Å². The minimum Gasteiger partial charge on any atom is -0.462 e. The zero-order valence-corrected chi connectivity index (χ0v) is 18.8. The maximum atomic E-state index is 13.1. The monoisotopic (exact) mass is 493 g/mol. The van der Waals surface area contributed by atoms with E-state index in [1.807, 2.05) is 0 Å². The number of methoxy groups -OCH3 is 1. The van der Waals surface area contributed by atoms with Crippen LogP contribution in [0.25, 0.3) is 11.0 Å². The molecule has 0 spiro atoms. The Morgan fingerprint density at radius 3 is 2.69 bits per heavy atom. The molecule has 2 aliphatic heterocycles. The van der Waals surface area contributed by atoms with Gasteiger partial charge in [0.1, 0.15) is 29.2 Å². The summed E-state index contributed by atoms with van der Waals surface area (Å²) < 4.78 is 63.9. The molecule has 0 bridgehead atoms. The van der Waals surface area contributed by atoms with Crippen molar-refractivity contribution in [1.82, 2.24) is 24.3 Å². The van der Waals surface area contributed by atoms with E-state index < -0.39 is 12.3 Å². The van der Waals surface area contributed by atoms with Crippen LogP contribution in [-0.4, -0.2) is 76.2 Å². The summed E-state index contributed by atoms with van der Waals surface area (Å²) in [6.45, 7) is 2.42. The molecule has 5 rings (SSSR count). The highest BCUT2D eigenvalue weighted by Gasteiger charge is 2.39. The Hall–Kier alpha value is -3.41. The maximum absolute atomic E-state index is 13.1. The van der Waals surface area contributed by atoms with Gasteiger partial charge in [-0.25, -0.2) is 4.98 Å². The van der Waals surface area contributed by atoms with Gasteiger partial charge in [0.25, 0.3) is 5.88 Å². The molecule has 5 heterocycles. The number of hydrogen-bond donors (Lipinski definition) is 1. The first-order valence-corrected chi connectivity index (χ1v) is 10.8. The van der Waals surface area contributed by atoms with Crippen LogP contribution in [-0.2, 0) is 14.2 Å². The number of hydrogen-bond acceptors (Lipinski definition) is 9. The van der Waals surface area contributed by atoms with E-state index in [1.165, 1.54) is 17.1 Å². The lowest BCUT2D eigenvalue weighted by Crippen LogP contribution is -2.32. The second kappa shape index (κ2) is 8.99. The zero-order chi connectivity index (χ0) is 24.7. The third kappa shape index (κ3) is 4.38. The van der Waals surface area contributed by atoms with Gasteiger partial charge in [-0.05, 0) is 13.0 Å². The van der Waals surface area contributed by atoms with Crippen molar-refractivity contribution in [1.29, 1.82) is 5.26 Å². The summed E-state index contributed by atoms with van der Waals surface area (Å²) in [7, 11) is 1.57. The number of rotatable bonds is 7. The zero-order valence-electron chi connectivity index (χ0n) is 18.8. The number of alkyl halides is 3. The average molecular weight is 493 g/mol. The Kier molecular flexibility index (Phi) is 5.99. The van der Waals surface area contributed by atoms with Crippen LogP contribution in [0.15, 0.2) is 18.5 Å². The van der Waals surface area contributed by atoms with E-state index in [9.17, 15) is 18.4 Å². The molecule has 0 aromatic carbocycles. The van der Waals surface area contributed by atoms with Crippen LogP contribution in [0.3, 0.4) is 0 Å². The van der Waals surface area contributed by atoms with E-state index in [0.717, 1.165) is 6.92 Å². The lowest BCUT2D eigenvalue weighted by molar-refractivity contribution is -0.189. The third-order valence-electron chi connectivity index (χ3n) is 6.01. The fourth-order valence-corrected chi connectivity index (χ4v) is 3.94. The van der Waals surface area contributed by atoms with E-state index in [4.69, 9.17) is 18.9 Å². The number of nitrogens with one attached hydrogen (secondary N) is 1. The minimum atomic E-state index is -4.56. The Balaban J connectivity index is 1.50. The van der Waals surface area contributed by atoms with Crippen LogP contribution >= 0.6 is 0 Å². The highest BCUT2D eigenvalue weighted by Crippen LogP contribution is 2.34. The Labute approximate surface area is 197 Å². The number of ether oxygens (including phenoxy) is 4. The number of nitriles is 1. The van der Waals surface area contributed by atoms with Gasteiger partial charge in [0, 0.05) is 18.7 Å². The summed E-state index contributed by atoms with van der Waals surface area (Å²) in [6, 6.07) is 3.44. The summed E-state index contributed by atoms with van der Waals surface area (Å²) >= 11 is 0. The van der Waals surface area contributed by atoms with Crippen LogP contribution < -0.4 is 10.1 Å². The molecule has 35 heavy (non-hydrogen) atoms. The lowest BCUT2D eigenvalue weighted by Gasteiger charge is -2.25. The number of fused-ring (bicyclic) bond motifs is 1. The van der Waals surface area contributed by atoms with E-state index >= 15 is 0 Å². The van der Waals surface area contributed by atoms with Gasteiger partial charge >= 0.3 is 6.18 Å². The van der Waals surface area contributed by atoms with Gasteiger partial charge in [-0.3, -0.25) is 4.68 Å². The number of aromatic nitrogens is 5. The van der Waals surface area contributed by atoms with Crippen LogP contribution in [0, 0.1) is 11.3 Å². The fourth-order valence-electron chi connectivity index (χ4n) is 3.94. The molecule has 2 aliphatic rings. The minimum absolute atomic E-state index is 0.100. The number of nitrogens with zero attached hydrogens (tertiary/aromatic N) is 6. The summed E-state index contributed by atoms with van der Waals surface area (Å²) in [5, 5.41) is 17.4. The van der Waals surface area contributed by atoms with Crippen molar-refractivity contribution in [3.05, 3.63) is 24.2 Å². The van der Waals surface area contributed by atoms with Gasteiger partial charge in [-0.15, -0.1) is 5.10 Å². The van der Waals surface area contributed by atoms with Crippen molar-refractivity contribution in [2.75, 3.05) is 38.9 Å². The Bertz CT molecular complexity index is 1260. The van der Waals surface area contributed by atoms with Crippen LogP contribution in [0.4, 0.5) is 24.8 Å². The smallest absolute Gasteiger partial charge is 0.425 e. The molecule has 0 aliphatic carbocycles. The normalized spacial score (nSPS) is 21.6. The molecule has 2 fully saturated rings.